The number of halogens is 1. The van der Waals surface area contributed by atoms with E-state index in [9.17, 15) is 13.2 Å². The summed E-state index contributed by atoms with van der Waals surface area (Å²) in [5, 5.41) is 2.86. The van der Waals surface area contributed by atoms with Crippen LogP contribution in [0.15, 0.2) is 60.0 Å². The van der Waals surface area contributed by atoms with E-state index >= 15 is 0 Å². The van der Waals surface area contributed by atoms with Gasteiger partial charge in [-0.05, 0) is 55.3 Å². The molecule has 0 atom stereocenters. The fraction of sp³-hybridized carbons (Fsp3) is 0.286. The Morgan fingerprint density at radius 1 is 1.14 bits per heavy atom. The Kier molecular flexibility index (Phi) is 6.95. The molecule has 1 aliphatic heterocycles. The Bertz CT molecular complexity index is 984. The molecular weight excluding hydrogens is 412 g/mol. The number of amides is 1. The van der Waals surface area contributed by atoms with Crippen molar-refractivity contribution >= 4 is 33.2 Å². The van der Waals surface area contributed by atoms with Crippen LogP contribution < -0.4 is 10.1 Å². The molecule has 0 bridgehead atoms. The summed E-state index contributed by atoms with van der Waals surface area (Å²) >= 11 is 6.17. The average Bonchev–Trinajstić information content (AvgIpc) is 2.74. The quantitative estimate of drug-likeness (QED) is 0.658. The Hall–Kier alpha value is -2.35. The SMILES string of the molecule is C=CCOc1ccc(NC(=O)c2ccc(Cl)c(S(=O)(=O)N3CCCCC3)c2)cc1. The summed E-state index contributed by atoms with van der Waals surface area (Å²) in [5.41, 5.74) is 0.785. The molecule has 0 radical (unpaired) electrons. The number of sulfonamides is 1. The molecule has 1 amide bonds. The average molecular weight is 435 g/mol. The zero-order valence-corrected chi connectivity index (χ0v) is 17.5. The maximum atomic E-state index is 13.0. The number of rotatable bonds is 7. The first-order valence-corrected chi connectivity index (χ1v) is 11.2. The summed E-state index contributed by atoms with van der Waals surface area (Å²) in [5.74, 6) is 0.237. The van der Waals surface area contributed by atoms with Gasteiger partial charge >= 0.3 is 0 Å². The lowest BCUT2D eigenvalue weighted by Gasteiger charge is -2.26. The number of piperidine rings is 1. The molecule has 0 spiro atoms. The van der Waals surface area contributed by atoms with Gasteiger partial charge in [0.2, 0.25) is 10.0 Å². The van der Waals surface area contributed by atoms with Crippen LogP contribution in [0.3, 0.4) is 0 Å². The van der Waals surface area contributed by atoms with E-state index in [1.807, 2.05) is 0 Å². The molecule has 1 aliphatic rings. The highest BCUT2D eigenvalue weighted by molar-refractivity contribution is 7.89. The summed E-state index contributed by atoms with van der Waals surface area (Å²) in [4.78, 5) is 12.6. The zero-order valence-electron chi connectivity index (χ0n) is 15.9. The molecule has 1 heterocycles. The molecule has 0 saturated carbocycles. The fourth-order valence-corrected chi connectivity index (χ4v) is 5.10. The van der Waals surface area contributed by atoms with E-state index in [1.165, 1.54) is 22.5 Å². The maximum absolute atomic E-state index is 13.0. The van der Waals surface area contributed by atoms with Crippen molar-refractivity contribution in [1.29, 1.82) is 0 Å². The highest BCUT2D eigenvalue weighted by Gasteiger charge is 2.28. The van der Waals surface area contributed by atoms with Gasteiger partial charge in [0.25, 0.3) is 5.91 Å². The molecule has 29 heavy (non-hydrogen) atoms. The molecule has 0 aromatic heterocycles. The van der Waals surface area contributed by atoms with Gasteiger partial charge < -0.3 is 10.1 Å². The number of hydrogen-bond acceptors (Lipinski definition) is 4. The number of carbonyl (C=O) groups excluding carboxylic acids is 1. The van der Waals surface area contributed by atoms with Crippen molar-refractivity contribution in [3.63, 3.8) is 0 Å². The number of benzene rings is 2. The van der Waals surface area contributed by atoms with Crippen molar-refractivity contribution in [2.24, 2.45) is 0 Å². The first-order chi connectivity index (χ1) is 13.9. The highest BCUT2D eigenvalue weighted by Crippen LogP contribution is 2.28. The van der Waals surface area contributed by atoms with E-state index < -0.39 is 15.9 Å². The molecule has 6 nitrogen and oxygen atoms in total. The molecule has 1 saturated heterocycles. The Labute approximate surface area is 176 Å². The van der Waals surface area contributed by atoms with Gasteiger partial charge in [-0.3, -0.25) is 4.79 Å². The van der Waals surface area contributed by atoms with Gasteiger partial charge in [0.05, 0.1) is 5.02 Å². The predicted molar refractivity (Wildman–Crippen MR) is 114 cm³/mol. The monoisotopic (exact) mass is 434 g/mol. The second-order valence-corrected chi connectivity index (χ2v) is 9.00. The molecule has 8 heteroatoms. The molecule has 1 fully saturated rings. The van der Waals surface area contributed by atoms with Crippen molar-refractivity contribution < 1.29 is 17.9 Å². The number of carbonyl (C=O) groups is 1. The molecule has 2 aromatic carbocycles. The van der Waals surface area contributed by atoms with Crippen LogP contribution in [0.4, 0.5) is 5.69 Å². The summed E-state index contributed by atoms with van der Waals surface area (Å²) in [6.07, 6.45) is 4.30. The van der Waals surface area contributed by atoms with Crippen LogP contribution in [0.2, 0.25) is 5.02 Å². The normalized spacial score (nSPS) is 14.9. The van der Waals surface area contributed by atoms with E-state index in [1.54, 1.807) is 30.3 Å². The van der Waals surface area contributed by atoms with E-state index in [4.69, 9.17) is 16.3 Å². The van der Waals surface area contributed by atoms with Crippen molar-refractivity contribution in [2.75, 3.05) is 25.0 Å². The minimum absolute atomic E-state index is 0.0399. The van der Waals surface area contributed by atoms with Crippen LogP contribution >= 0.6 is 11.6 Å². The molecule has 154 valence electrons. The summed E-state index contributed by atoms with van der Waals surface area (Å²) in [6, 6.07) is 11.2. The van der Waals surface area contributed by atoms with Crippen molar-refractivity contribution in [1.82, 2.24) is 4.31 Å². The van der Waals surface area contributed by atoms with Gasteiger partial charge in [0.15, 0.2) is 0 Å². The lowest BCUT2D eigenvalue weighted by atomic mass is 10.2. The molecule has 2 aromatic rings. The van der Waals surface area contributed by atoms with Gasteiger partial charge in [-0.15, -0.1) is 0 Å². The number of anilines is 1. The molecule has 0 aliphatic carbocycles. The van der Waals surface area contributed by atoms with E-state index in [2.05, 4.69) is 11.9 Å². The number of hydrogen-bond donors (Lipinski definition) is 1. The smallest absolute Gasteiger partial charge is 0.255 e. The summed E-state index contributed by atoms with van der Waals surface area (Å²) in [6.45, 7) is 4.92. The lowest BCUT2D eigenvalue weighted by molar-refractivity contribution is 0.102. The van der Waals surface area contributed by atoms with Crippen LogP contribution in [0.5, 0.6) is 5.75 Å². The van der Waals surface area contributed by atoms with E-state index in [0.717, 1.165) is 19.3 Å². The standard InChI is InChI=1S/C21H23ClN2O4S/c1-2-14-28-18-9-7-17(8-10-18)23-21(25)16-6-11-19(22)20(15-16)29(26,27)24-12-4-3-5-13-24/h2,6-11,15H,1,3-5,12-14H2,(H,23,25). The third-order valence-corrected chi connectivity index (χ3v) is 6.99. The van der Waals surface area contributed by atoms with Gasteiger partial charge in [-0.25, -0.2) is 8.42 Å². The summed E-state index contributed by atoms with van der Waals surface area (Å²) < 4.78 is 32.7. The predicted octanol–water partition coefficient (Wildman–Crippen LogP) is 4.33. The van der Waals surface area contributed by atoms with E-state index in [-0.39, 0.29) is 15.5 Å². The lowest BCUT2D eigenvalue weighted by Crippen LogP contribution is -2.35. The Morgan fingerprint density at radius 3 is 2.48 bits per heavy atom. The molecule has 0 unspecified atom stereocenters. The third-order valence-electron chi connectivity index (χ3n) is 4.61. The third kappa shape index (κ3) is 5.18. The van der Waals surface area contributed by atoms with E-state index in [0.29, 0.717) is 31.1 Å². The topological polar surface area (TPSA) is 75.7 Å². The van der Waals surface area contributed by atoms with Gasteiger partial charge in [0, 0.05) is 24.3 Å². The number of ether oxygens (including phenoxy) is 1. The second-order valence-electron chi connectivity index (χ2n) is 6.69. The summed E-state index contributed by atoms with van der Waals surface area (Å²) in [7, 11) is -3.74. The van der Waals surface area contributed by atoms with Gasteiger partial charge in [-0.2, -0.15) is 4.31 Å². The van der Waals surface area contributed by atoms with Gasteiger partial charge in [0.1, 0.15) is 17.3 Å². The first-order valence-electron chi connectivity index (χ1n) is 9.36. The van der Waals surface area contributed by atoms with Crippen molar-refractivity contribution in [3.05, 3.63) is 65.7 Å². The minimum atomic E-state index is -3.74. The van der Waals surface area contributed by atoms with Crippen LogP contribution in [-0.4, -0.2) is 38.3 Å². The first kappa shape index (κ1) is 21.4. The maximum Gasteiger partial charge on any atom is 0.255 e. The minimum Gasteiger partial charge on any atom is -0.490 e. The molecule has 1 N–H and O–H groups in total. The van der Waals surface area contributed by atoms with Crippen LogP contribution in [0.1, 0.15) is 29.6 Å². The molecular formula is C21H23ClN2O4S. The molecule has 3 rings (SSSR count). The number of nitrogens with zero attached hydrogens (tertiary/aromatic N) is 1. The fourth-order valence-electron chi connectivity index (χ4n) is 3.08. The van der Waals surface area contributed by atoms with Crippen molar-refractivity contribution in [2.45, 2.75) is 24.2 Å². The van der Waals surface area contributed by atoms with Crippen molar-refractivity contribution in [3.8, 4) is 5.75 Å². The largest absolute Gasteiger partial charge is 0.490 e. The van der Waals surface area contributed by atoms with Crippen LogP contribution in [0, 0.1) is 0 Å². The second kappa shape index (κ2) is 9.43. The Balaban J connectivity index is 1.78. The zero-order chi connectivity index (χ0) is 20.9. The van der Waals surface area contributed by atoms with Crippen LogP contribution in [0.25, 0.3) is 0 Å². The van der Waals surface area contributed by atoms with Gasteiger partial charge in [-0.1, -0.05) is 30.7 Å². The van der Waals surface area contributed by atoms with Crippen LogP contribution in [-0.2, 0) is 10.0 Å². The Morgan fingerprint density at radius 2 is 1.83 bits per heavy atom. The highest BCUT2D eigenvalue weighted by atomic mass is 35.5. The number of nitrogens with one attached hydrogen (secondary N) is 1.